The Labute approximate surface area is 166 Å². The van der Waals surface area contributed by atoms with Crippen molar-refractivity contribution in [3.05, 3.63) is 54.1 Å². The summed E-state index contributed by atoms with van der Waals surface area (Å²) in [4.78, 5) is 17.3. The molecule has 0 unspecified atom stereocenters. The first-order valence-corrected chi connectivity index (χ1v) is 10.9. The number of nitrogens with two attached hydrogens (primary N) is 1. The number of rotatable bonds is 6. The van der Waals surface area contributed by atoms with Gasteiger partial charge < -0.3 is 15.1 Å². The first-order valence-electron chi connectivity index (χ1n) is 9.34. The van der Waals surface area contributed by atoms with Gasteiger partial charge in [0.1, 0.15) is 0 Å². The number of hydrogen-bond donors (Lipinski definition) is 2. The molecule has 0 bridgehead atoms. The van der Waals surface area contributed by atoms with Gasteiger partial charge in [0.15, 0.2) is 0 Å². The van der Waals surface area contributed by atoms with Gasteiger partial charge in [-0.05, 0) is 36.4 Å². The van der Waals surface area contributed by atoms with E-state index < -0.39 is 10.0 Å². The number of amides is 1. The highest BCUT2D eigenvalue weighted by atomic mass is 32.2. The number of anilines is 2. The summed E-state index contributed by atoms with van der Waals surface area (Å²) in [7, 11) is -3.73. The molecule has 1 saturated heterocycles. The largest absolute Gasteiger partial charge is 0.367 e. The lowest BCUT2D eigenvalue weighted by Gasteiger charge is -2.36. The summed E-state index contributed by atoms with van der Waals surface area (Å²) in [5.74, 6) is -0.150. The number of primary sulfonamides is 1. The fourth-order valence-electron chi connectivity index (χ4n) is 3.34. The number of hydrogen-bond acceptors (Lipinski definition) is 5. The predicted molar refractivity (Wildman–Crippen MR) is 111 cm³/mol. The van der Waals surface area contributed by atoms with Crippen LogP contribution < -0.4 is 15.4 Å². The van der Waals surface area contributed by atoms with Gasteiger partial charge >= 0.3 is 0 Å². The number of carbonyl (C=O) groups excluding carboxylic acids is 1. The molecule has 0 spiro atoms. The second kappa shape index (κ2) is 8.72. The van der Waals surface area contributed by atoms with Crippen molar-refractivity contribution < 1.29 is 13.2 Å². The summed E-state index contributed by atoms with van der Waals surface area (Å²) in [6.45, 7) is 7.09. The van der Waals surface area contributed by atoms with E-state index in [1.165, 1.54) is 12.1 Å². The zero-order valence-electron chi connectivity index (χ0n) is 16.0. The molecule has 1 amide bonds. The van der Waals surface area contributed by atoms with Gasteiger partial charge in [-0.15, -0.1) is 0 Å². The van der Waals surface area contributed by atoms with Crippen LogP contribution in [0.15, 0.2) is 53.4 Å². The number of para-hydroxylation sites is 2. The molecule has 7 nitrogen and oxygen atoms in total. The average Bonchev–Trinajstić information content (AvgIpc) is 2.68. The van der Waals surface area contributed by atoms with E-state index in [0.29, 0.717) is 0 Å². The second-order valence-electron chi connectivity index (χ2n) is 6.85. The van der Waals surface area contributed by atoms with E-state index in [9.17, 15) is 13.2 Å². The molecule has 8 heteroatoms. The van der Waals surface area contributed by atoms with Gasteiger partial charge in [0.2, 0.25) is 15.9 Å². The number of likely N-dealkylation sites (N-methyl/N-ethyl adjacent to an activating group) is 1. The number of sulfonamides is 1. The van der Waals surface area contributed by atoms with Gasteiger partial charge in [0.05, 0.1) is 22.7 Å². The van der Waals surface area contributed by atoms with Crippen LogP contribution in [0.5, 0.6) is 0 Å². The molecule has 0 radical (unpaired) electrons. The molecule has 0 aromatic heterocycles. The van der Waals surface area contributed by atoms with Crippen LogP contribution in [0.3, 0.4) is 0 Å². The minimum absolute atomic E-state index is 0.0354. The average molecular weight is 403 g/mol. The molecule has 3 rings (SSSR count). The summed E-state index contributed by atoms with van der Waals surface area (Å²) < 4.78 is 22.7. The van der Waals surface area contributed by atoms with Crippen molar-refractivity contribution in [1.29, 1.82) is 0 Å². The molecule has 2 aromatic rings. The van der Waals surface area contributed by atoms with Gasteiger partial charge in [-0.1, -0.05) is 31.2 Å². The molecule has 28 heavy (non-hydrogen) atoms. The van der Waals surface area contributed by atoms with Crippen LogP contribution in [0.25, 0.3) is 0 Å². The lowest BCUT2D eigenvalue weighted by molar-refractivity contribution is -0.115. The minimum Gasteiger partial charge on any atom is -0.367 e. The van der Waals surface area contributed by atoms with Gasteiger partial charge in [-0.25, -0.2) is 13.6 Å². The maximum Gasteiger partial charge on any atom is 0.238 e. The van der Waals surface area contributed by atoms with Crippen molar-refractivity contribution in [2.75, 3.05) is 42.9 Å². The normalized spacial score (nSPS) is 15.4. The Morgan fingerprint density at radius 1 is 1.04 bits per heavy atom. The quantitative estimate of drug-likeness (QED) is 0.766. The fraction of sp³-hybridized carbons (Fsp3) is 0.350. The minimum atomic E-state index is -3.73. The zero-order valence-corrected chi connectivity index (χ0v) is 16.8. The number of nitrogens with zero attached hydrogens (tertiary/aromatic N) is 2. The Balaban J connectivity index is 1.66. The second-order valence-corrected chi connectivity index (χ2v) is 8.41. The Morgan fingerprint density at radius 3 is 2.29 bits per heavy atom. The monoisotopic (exact) mass is 402 g/mol. The lowest BCUT2D eigenvalue weighted by atomic mass is 10.1. The highest BCUT2D eigenvalue weighted by molar-refractivity contribution is 7.89. The first-order chi connectivity index (χ1) is 13.4. The van der Waals surface area contributed by atoms with Crippen molar-refractivity contribution in [2.45, 2.75) is 18.2 Å². The van der Waals surface area contributed by atoms with Gasteiger partial charge in [0, 0.05) is 26.2 Å². The van der Waals surface area contributed by atoms with Crippen LogP contribution >= 0.6 is 0 Å². The van der Waals surface area contributed by atoms with E-state index in [0.717, 1.165) is 49.7 Å². The van der Waals surface area contributed by atoms with E-state index in [2.05, 4.69) is 22.0 Å². The third-order valence-corrected chi connectivity index (χ3v) is 5.88. The van der Waals surface area contributed by atoms with Crippen molar-refractivity contribution in [2.24, 2.45) is 5.14 Å². The smallest absolute Gasteiger partial charge is 0.238 e. The van der Waals surface area contributed by atoms with E-state index in [-0.39, 0.29) is 17.2 Å². The van der Waals surface area contributed by atoms with Crippen LogP contribution in [0.1, 0.15) is 12.5 Å². The molecule has 1 fully saturated rings. The molecule has 1 heterocycles. The first kappa shape index (κ1) is 20.3. The van der Waals surface area contributed by atoms with Crippen molar-refractivity contribution in [3.8, 4) is 0 Å². The highest BCUT2D eigenvalue weighted by Crippen LogP contribution is 2.26. The molecular weight excluding hydrogens is 376 g/mol. The molecule has 1 aliphatic rings. The fourth-order valence-corrected chi connectivity index (χ4v) is 3.85. The Kier molecular flexibility index (Phi) is 6.33. The van der Waals surface area contributed by atoms with Gasteiger partial charge in [0.25, 0.3) is 0 Å². The van der Waals surface area contributed by atoms with Gasteiger partial charge in [-0.3, -0.25) is 4.79 Å². The zero-order chi connectivity index (χ0) is 20.1. The molecule has 0 aliphatic carbocycles. The van der Waals surface area contributed by atoms with E-state index in [1.807, 2.05) is 24.3 Å². The van der Waals surface area contributed by atoms with Crippen LogP contribution in [0.2, 0.25) is 0 Å². The van der Waals surface area contributed by atoms with Crippen LogP contribution in [0, 0.1) is 0 Å². The summed E-state index contributed by atoms with van der Waals surface area (Å²) >= 11 is 0. The molecule has 3 N–H and O–H groups in total. The maximum absolute atomic E-state index is 12.5. The van der Waals surface area contributed by atoms with E-state index >= 15 is 0 Å². The SMILES string of the molecule is CCN1CCN(c2ccccc2NC(=O)Cc2ccc(S(N)(=O)=O)cc2)CC1. The third-order valence-electron chi connectivity index (χ3n) is 4.95. The standard InChI is InChI=1S/C20H26N4O3S/c1-2-23-11-13-24(14-12-23)19-6-4-3-5-18(19)22-20(25)15-16-7-9-17(10-8-16)28(21,26)27/h3-10H,2,11-15H2,1H3,(H,22,25)(H2,21,26,27). The van der Waals surface area contributed by atoms with Crippen LogP contribution in [-0.2, 0) is 21.2 Å². The van der Waals surface area contributed by atoms with E-state index in [1.54, 1.807) is 12.1 Å². The Bertz CT molecular complexity index is 921. The lowest BCUT2D eigenvalue weighted by Crippen LogP contribution is -2.46. The number of nitrogens with one attached hydrogen (secondary N) is 1. The summed E-state index contributed by atoms with van der Waals surface area (Å²) in [6.07, 6.45) is 0.156. The molecule has 150 valence electrons. The summed E-state index contributed by atoms with van der Waals surface area (Å²) in [5, 5.41) is 8.09. The van der Waals surface area contributed by atoms with Crippen LogP contribution in [0.4, 0.5) is 11.4 Å². The third kappa shape index (κ3) is 5.09. The topological polar surface area (TPSA) is 95.7 Å². The Hall–Kier alpha value is -2.42. The Morgan fingerprint density at radius 2 is 1.68 bits per heavy atom. The molecule has 2 aromatic carbocycles. The van der Waals surface area contributed by atoms with Gasteiger partial charge in [-0.2, -0.15) is 0 Å². The predicted octanol–water partition coefficient (Wildman–Crippen LogP) is 1.66. The number of benzene rings is 2. The van der Waals surface area contributed by atoms with Crippen molar-refractivity contribution in [1.82, 2.24) is 4.90 Å². The molecule has 0 atom stereocenters. The number of piperazine rings is 1. The molecule has 0 saturated carbocycles. The number of carbonyl (C=O) groups is 1. The summed E-state index contributed by atoms with van der Waals surface area (Å²) in [5.41, 5.74) is 2.54. The summed E-state index contributed by atoms with van der Waals surface area (Å²) in [6, 6.07) is 13.9. The molecular formula is C20H26N4O3S. The van der Waals surface area contributed by atoms with E-state index in [4.69, 9.17) is 5.14 Å². The van der Waals surface area contributed by atoms with Crippen molar-refractivity contribution in [3.63, 3.8) is 0 Å². The highest BCUT2D eigenvalue weighted by Gasteiger charge is 2.19. The van der Waals surface area contributed by atoms with Crippen LogP contribution in [-0.4, -0.2) is 51.9 Å². The van der Waals surface area contributed by atoms with Crippen molar-refractivity contribution >= 4 is 27.3 Å². The maximum atomic E-state index is 12.5. The molecule has 1 aliphatic heterocycles.